The molecular weight excluding hydrogens is 390 g/mol. The molecule has 1 aromatic carbocycles. The quantitative estimate of drug-likeness (QED) is 0.692. The van der Waals surface area contributed by atoms with Crippen LogP contribution in [0.5, 0.6) is 0 Å². The summed E-state index contributed by atoms with van der Waals surface area (Å²) in [5.74, 6) is 0.418. The number of piperidine rings is 1. The summed E-state index contributed by atoms with van der Waals surface area (Å²) in [6.07, 6.45) is 5.74. The maximum Gasteiger partial charge on any atom is 0.237 e. The summed E-state index contributed by atoms with van der Waals surface area (Å²) in [5.41, 5.74) is 2.45. The Kier molecular flexibility index (Phi) is 7.13. The second-order valence-corrected chi connectivity index (χ2v) is 9.47. The Labute approximate surface area is 186 Å². The van der Waals surface area contributed by atoms with E-state index in [0.717, 1.165) is 51.9 Å². The third-order valence-corrected chi connectivity index (χ3v) is 7.07. The van der Waals surface area contributed by atoms with Crippen LogP contribution < -0.4 is 15.5 Å². The van der Waals surface area contributed by atoms with Crippen molar-refractivity contribution in [3.05, 3.63) is 29.8 Å². The van der Waals surface area contributed by atoms with Crippen molar-refractivity contribution >= 4 is 17.5 Å². The lowest BCUT2D eigenvalue weighted by molar-refractivity contribution is -0.133. The Morgan fingerprint density at radius 3 is 2.61 bits per heavy atom. The van der Waals surface area contributed by atoms with Crippen LogP contribution in [0.4, 0.5) is 5.69 Å². The molecule has 2 N–H and O–H groups in total. The average Bonchev–Trinajstić information content (AvgIpc) is 3.23. The molecule has 7 heteroatoms. The highest BCUT2D eigenvalue weighted by molar-refractivity contribution is 5.83. The van der Waals surface area contributed by atoms with Crippen LogP contribution in [-0.4, -0.2) is 80.0 Å². The number of nitrogens with zero attached hydrogens (tertiary/aromatic N) is 3. The maximum absolute atomic E-state index is 12.6. The number of fused-ring (bicyclic) bond motifs is 1. The SMILES string of the molecule is CN(C)c1ccc(CN[C@H]2C[C@H]3C(=O)NC[C@@H](CCC(=O)N4CCCCC4)N3C2)cc1. The standard InChI is InChI=1S/C24H37N5O2/c1-27(2)20-8-6-18(7-9-20)15-25-19-14-22-24(31)26-16-21(29(22)17-19)10-11-23(30)28-12-4-3-5-13-28/h6-9,19,21-22,25H,3-5,10-17H2,1-2H3,(H,26,31)/t19-,21+,22-/m0/s1. The lowest BCUT2D eigenvalue weighted by Gasteiger charge is -2.37. The minimum atomic E-state index is -0.0718. The van der Waals surface area contributed by atoms with Gasteiger partial charge in [0.1, 0.15) is 0 Å². The van der Waals surface area contributed by atoms with Gasteiger partial charge in [0, 0.05) is 71.0 Å². The van der Waals surface area contributed by atoms with Crippen molar-refractivity contribution in [2.45, 2.75) is 63.2 Å². The van der Waals surface area contributed by atoms with Crippen LogP contribution >= 0.6 is 0 Å². The second kappa shape index (κ2) is 10.0. The van der Waals surface area contributed by atoms with Crippen molar-refractivity contribution in [2.75, 3.05) is 45.2 Å². The number of carbonyl (C=O) groups excluding carboxylic acids is 2. The highest BCUT2D eigenvalue weighted by Crippen LogP contribution is 2.26. The summed E-state index contributed by atoms with van der Waals surface area (Å²) in [6.45, 7) is 4.15. The molecule has 3 aliphatic heterocycles. The smallest absolute Gasteiger partial charge is 0.237 e. The summed E-state index contributed by atoms with van der Waals surface area (Å²) in [4.78, 5) is 31.5. The van der Waals surface area contributed by atoms with Crippen LogP contribution in [0.1, 0.15) is 44.1 Å². The van der Waals surface area contributed by atoms with Crippen molar-refractivity contribution in [3.8, 4) is 0 Å². The molecule has 7 nitrogen and oxygen atoms in total. The van der Waals surface area contributed by atoms with Gasteiger partial charge in [0.25, 0.3) is 0 Å². The van der Waals surface area contributed by atoms with Gasteiger partial charge in [-0.2, -0.15) is 0 Å². The Hall–Kier alpha value is -2.12. The predicted molar refractivity (Wildman–Crippen MR) is 123 cm³/mol. The minimum Gasteiger partial charge on any atom is -0.378 e. The fraction of sp³-hybridized carbons (Fsp3) is 0.667. The van der Waals surface area contributed by atoms with Crippen LogP contribution in [0.3, 0.4) is 0 Å². The molecule has 3 heterocycles. The van der Waals surface area contributed by atoms with Gasteiger partial charge >= 0.3 is 0 Å². The van der Waals surface area contributed by atoms with Crippen LogP contribution in [0.2, 0.25) is 0 Å². The molecule has 0 saturated carbocycles. The minimum absolute atomic E-state index is 0.0718. The van der Waals surface area contributed by atoms with Gasteiger partial charge in [0.2, 0.25) is 11.8 Å². The number of amides is 2. The van der Waals surface area contributed by atoms with E-state index in [1.165, 1.54) is 17.7 Å². The van der Waals surface area contributed by atoms with Crippen LogP contribution in [0.15, 0.2) is 24.3 Å². The highest BCUT2D eigenvalue weighted by Gasteiger charge is 2.43. The number of hydrogen-bond acceptors (Lipinski definition) is 5. The zero-order valence-corrected chi connectivity index (χ0v) is 19.0. The Morgan fingerprint density at radius 2 is 1.90 bits per heavy atom. The summed E-state index contributed by atoms with van der Waals surface area (Å²) >= 11 is 0. The van der Waals surface area contributed by atoms with E-state index in [9.17, 15) is 9.59 Å². The fourth-order valence-electron chi connectivity index (χ4n) is 5.16. The van der Waals surface area contributed by atoms with Gasteiger partial charge in [-0.3, -0.25) is 14.5 Å². The molecule has 0 aliphatic carbocycles. The molecule has 3 atom stereocenters. The van der Waals surface area contributed by atoms with E-state index in [2.05, 4.69) is 44.7 Å². The molecule has 2 amide bonds. The predicted octanol–water partition coefficient (Wildman–Crippen LogP) is 1.58. The third kappa shape index (κ3) is 5.39. The average molecular weight is 428 g/mol. The molecule has 0 bridgehead atoms. The molecule has 170 valence electrons. The molecule has 3 fully saturated rings. The van der Waals surface area contributed by atoms with Crippen LogP contribution in [0.25, 0.3) is 0 Å². The maximum atomic E-state index is 12.6. The highest BCUT2D eigenvalue weighted by atomic mass is 16.2. The van der Waals surface area contributed by atoms with Crippen molar-refractivity contribution < 1.29 is 9.59 Å². The Morgan fingerprint density at radius 1 is 1.16 bits per heavy atom. The zero-order valence-electron chi connectivity index (χ0n) is 19.0. The van der Waals surface area contributed by atoms with Crippen molar-refractivity contribution in [1.29, 1.82) is 0 Å². The van der Waals surface area contributed by atoms with Gasteiger partial charge in [-0.1, -0.05) is 12.1 Å². The van der Waals surface area contributed by atoms with Crippen molar-refractivity contribution in [2.24, 2.45) is 0 Å². The summed E-state index contributed by atoms with van der Waals surface area (Å²) in [7, 11) is 4.09. The van der Waals surface area contributed by atoms with Gasteiger partial charge in [-0.05, 0) is 49.8 Å². The molecule has 3 aliphatic rings. The molecule has 0 radical (unpaired) electrons. The van der Waals surface area contributed by atoms with Crippen molar-refractivity contribution in [1.82, 2.24) is 20.4 Å². The van der Waals surface area contributed by atoms with E-state index in [4.69, 9.17) is 0 Å². The van der Waals surface area contributed by atoms with Gasteiger partial charge in [0.15, 0.2) is 0 Å². The number of likely N-dealkylation sites (tertiary alicyclic amines) is 1. The molecule has 0 aromatic heterocycles. The normalized spacial score (nSPS) is 26.5. The summed E-state index contributed by atoms with van der Waals surface area (Å²) in [5, 5.41) is 6.73. The van der Waals surface area contributed by atoms with E-state index < -0.39 is 0 Å². The second-order valence-electron chi connectivity index (χ2n) is 9.47. The molecule has 31 heavy (non-hydrogen) atoms. The topological polar surface area (TPSA) is 67.9 Å². The number of piperazine rings is 1. The first-order valence-electron chi connectivity index (χ1n) is 11.8. The van der Waals surface area contributed by atoms with E-state index in [-0.39, 0.29) is 23.9 Å². The Balaban J connectivity index is 1.28. The summed E-state index contributed by atoms with van der Waals surface area (Å²) in [6, 6.07) is 9.07. The molecule has 4 rings (SSSR count). The molecule has 0 spiro atoms. The number of anilines is 1. The number of carbonyl (C=O) groups is 2. The van der Waals surface area contributed by atoms with E-state index in [1.54, 1.807) is 0 Å². The number of nitrogens with one attached hydrogen (secondary N) is 2. The number of rotatable bonds is 7. The van der Waals surface area contributed by atoms with Gasteiger partial charge in [-0.25, -0.2) is 0 Å². The first-order chi connectivity index (χ1) is 15.0. The van der Waals surface area contributed by atoms with Crippen LogP contribution in [-0.2, 0) is 16.1 Å². The molecule has 3 saturated heterocycles. The fourth-order valence-corrected chi connectivity index (χ4v) is 5.16. The number of hydrogen-bond donors (Lipinski definition) is 2. The number of benzene rings is 1. The molecule has 1 aromatic rings. The van der Waals surface area contributed by atoms with E-state index in [0.29, 0.717) is 19.0 Å². The first kappa shape index (κ1) is 22.1. The molecule has 0 unspecified atom stereocenters. The third-order valence-electron chi connectivity index (χ3n) is 7.07. The van der Waals surface area contributed by atoms with E-state index >= 15 is 0 Å². The lowest BCUT2D eigenvalue weighted by Crippen LogP contribution is -2.58. The van der Waals surface area contributed by atoms with E-state index in [1.807, 2.05) is 19.0 Å². The largest absolute Gasteiger partial charge is 0.378 e. The lowest BCUT2D eigenvalue weighted by atomic mass is 10.0. The first-order valence-corrected chi connectivity index (χ1v) is 11.8. The summed E-state index contributed by atoms with van der Waals surface area (Å²) < 4.78 is 0. The zero-order chi connectivity index (χ0) is 21.8. The van der Waals surface area contributed by atoms with Crippen LogP contribution in [0, 0.1) is 0 Å². The van der Waals surface area contributed by atoms with Gasteiger partial charge in [-0.15, -0.1) is 0 Å². The Bertz CT molecular complexity index is 760. The van der Waals surface area contributed by atoms with Gasteiger partial charge < -0.3 is 20.4 Å². The molecular formula is C24H37N5O2. The monoisotopic (exact) mass is 427 g/mol. The van der Waals surface area contributed by atoms with Crippen molar-refractivity contribution in [3.63, 3.8) is 0 Å². The van der Waals surface area contributed by atoms with Gasteiger partial charge in [0.05, 0.1) is 6.04 Å².